The maximum absolute atomic E-state index is 5.31. The summed E-state index contributed by atoms with van der Waals surface area (Å²) >= 11 is 8.06. The summed E-state index contributed by atoms with van der Waals surface area (Å²) in [5.74, 6) is 2.52. The molecule has 0 unspecified atom stereocenters. The van der Waals surface area contributed by atoms with Gasteiger partial charge < -0.3 is 73.6 Å². The molecule has 20 aromatic rings. The first kappa shape index (κ1) is 101. The second-order valence-corrected chi connectivity index (χ2v) is 40.2. The Hall–Kier alpha value is -15.6. The third-order valence-electron chi connectivity index (χ3n) is 25.1. The number of ether oxygens (including phenoxy) is 2. The fourth-order valence-corrected chi connectivity index (χ4v) is 19.9. The molecule has 1 saturated carbocycles. The standard InChI is InChI=1S/C27H31N5S.C24H27N5S.C23H25N5S.C21H20N4OS.C20H18N4OS/c1-5-31(15-21-6-7-21)26-13-24(18(2)12-19(26)3)29-27-30-25(16-33-27)22-8-10-23(11-9-22)32-14-20(4)28-17-32;1-5-12-28(4)21-9-6-17(2)22(13-21)26-24-27-23(15-30-24)19-7-10-20(11-8-19)29-14-18(3)25-16-29;1-5-27(4)20-9-6-16(2)21(12-20)25-23-26-22(14-29-23)18-7-10-19(11-8-18)28-13-17(3)24-15-28;1-14-4-9-18(26-3)10-19(14)23-21-24-20(12-27-21)16-5-7-17(8-6-16)25-11-15(2)22-13-25;1-14-3-8-17(25-2)11-18(14)22-20-23-19(12-26-20)15-4-6-16(7-5-15)24-10-9-21-13-24/h8-14,16-17,21H,5-7,15H2,1-4H3,(H,29,30);6-11,13-16H,5,12H2,1-4H3,(H,26,27);6-15H,5H2,1-4H3,(H,25,26);4-13H,1-3H3,(H,23,24);3-13H,1-2H3,(H,22,23). The van der Waals surface area contributed by atoms with Crippen LogP contribution in [0.15, 0.2) is 302 Å². The molecule has 5 N–H and O–H groups in total. The van der Waals surface area contributed by atoms with E-state index in [0.717, 1.165) is 223 Å². The monoisotopic (exact) mass is 2020 g/mol. The van der Waals surface area contributed by atoms with Crippen molar-refractivity contribution in [2.75, 3.05) is 95.8 Å². The highest BCUT2D eigenvalue weighted by molar-refractivity contribution is 7.15. The lowest BCUT2D eigenvalue weighted by molar-refractivity contribution is 0.415. The van der Waals surface area contributed by atoms with E-state index in [0.29, 0.717) is 0 Å². The van der Waals surface area contributed by atoms with Gasteiger partial charge in [0.1, 0.15) is 11.5 Å². The lowest BCUT2D eigenvalue weighted by Crippen LogP contribution is -2.26. The topological polar surface area (TPSA) is 242 Å². The van der Waals surface area contributed by atoms with Crippen molar-refractivity contribution in [2.24, 2.45) is 5.92 Å². The Morgan fingerprint density at radius 2 is 0.641 bits per heavy atom. The zero-order valence-electron chi connectivity index (χ0n) is 84.8. The molecule has 1 fully saturated rings. The Balaban J connectivity index is 0.000000124. The van der Waals surface area contributed by atoms with E-state index in [-0.39, 0.29) is 0 Å². The summed E-state index contributed by atoms with van der Waals surface area (Å²) < 4.78 is 20.7. The number of benzene rings is 10. The summed E-state index contributed by atoms with van der Waals surface area (Å²) in [6, 6.07) is 71.4. The molecule has 0 spiro atoms. The molecule has 0 radical (unpaired) electrons. The van der Waals surface area contributed by atoms with E-state index in [9.17, 15) is 0 Å². The number of thiazole rings is 5. The highest BCUT2D eigenvalue weighted by atomic mass is 32.1. The van der Waals surface area contributed by atoms with Crippen LogP contribution in [0.2, 0.25) is 0 Å². The van der Waals surface area contributed by atoms with Crippen molar-refractivity contribution < 1.29 is 9.47 Å². The van der Waals surface area contributed by atoms with Crippen molar-refractivity contribution in [2.45, 2.75) is 109 Å². The molecule has 10 heterocycles. The lowest BCUT2D eigenvalue weighted by Gasteiger charge is -2.26. The van der Waals surface area contributed by atoms with Gasteiger partial charge in [0.2, 0.25) is 0 Å². The van der Waals surface area contributed by atoms with E-state index < -0.39 is 0 Å². The molecule has 10 aromatic heterocycles. The summed E-state index contributed by atoms with van der Waals surface area (Å²) in [6.07, 6.45) is 24.8. The van der Waals surface area contributed by atoms with Gasteiger partial charge >= 0.3 is 0 Å². The number of methoxy groups -OCH3 is 2. The van der Waals surface area contributed by atoms with Gasteiger partial charge in [-0.05, 0) is 245 Å². The predicted octanol–water partition coefficient (Wildman–Crippen LogP) is 29.3. The predicted molar refractivity (Wildman–Crippen MR) is 606 cm³/mol. The Labute approximate surface area is 868 Å². The second kappa shape index (κ2) is 47.1. The van der Waals surface area contributed by atoms with Crippen molar-refractivity contribution in [1.82, 2.24) is 72.7 Å². The lowest BCUT2D eigenvalue weighted by atomic mass is 10.1. The molecule has 0 saturated heterocycles. The molecule has 1 aliphatic carbocycles. The van der Waals surface area contributed by atoms with Gasteiger partial charge in [0, 0.05) is 218 Å². The summed E-state index contributed by atoms with van der Waals surface area (Å²) in [5, 5.41) is 32.2. The molecule has 738 valence electrons. The van der Waals surface area contributed by atoms with Crippen LogP contribution in [0.4, 0.5) is 71.2 Å². The number of anilines is 13. The molecule has 145 heavy (non-hydrogen) atoms. The van der Waals surface area contributed by atoms with Crippen LogP contribution in [0.1, 0.15) is 96.2 Å². The highest BCUT2D eigenvalue weighted by Gasteiger charge is 2.26. The van der Waals surface area contributed by atoms with Crippen LogP contribution in [0.5, 0.6) is 11.5 Å². The van der Waals surface area contributed by atoms with Crippen molar-refractivity contribution >= 4 is 128 Å². The minimum atomic E-state index is 0.824. The van der Waals surface area contributed by atoms with Gasteiger partial charge in [0.05, 0.1) is 97.1 Å². The zero-order chi connectivity index (χ0) is 101. The molecular formula is C115H121N23O2S5. The second-order valence-electron chi connectivity index (χ2n) is 35.9. The minimum Gasteiger partial charge on any atom is -0.497 e. The molecule has 0 aliphatic heterocycles. The average molecular weight is 2020 g/mol. The Morgan fingerprint density at radius 1 is 0.331 bits per heavy atom. The number of rotatable bonds is 31. The van der Waals surface area contributed by atoms with E-state index in [2.05, 4.69) is 339 Å². The maximum Gasteiger partial charge on any atom is 0.187 e. The van der Waals surface area contributed by atoms with Crippen LogP contribution in [0.25, 0.3) is 84.7 Å². The van der Waals surface area contributed by atoms with Gasteiger partial charge in [-0.1, -0.05) is 97.9 Å². The summed E-state index contributed by atoms with van der Waals surface area (Å²) in [4.78, 5) is 52.2. The number of nitrogens with one attached hydrogen (secondary N) is 5. The van der Waals surface area contributed by atoms with E-state index in [1.807, 2.05) is 143 Å². The first-order valence-electron chi connectivity index (χ1n) is 48.4. The van der Waals surface area contributed by atoms with E-state index in [1.54, 1.807) is 83.4 Å². The van der Waals surface area contributed by atoms with Gasteiger partial charge in [-0.25, -0.2) is 49.8 Å². The van der Waals surface area contributed by atoms with Gasteiger partial charge in [-0.2, -0.15) is 0 Å². The van der Waals surface area contributed by atoms with Crippen molar-refractivity contribution in [3.05, 3.63) is 358 Å². The summed E-state index contributed by atoms with van der Waals surface area (Å²) in [6.45, 7) is 31.5. The average Bonchev–Trinajstić information content (AvgIpc) is 1.66. The van der Waals surface area contributed by atoms with Gasteiger partial charge in [0.25, 0.3) is 0 Å². The van der Waals surface area contributed by atoms with Crippen LogP contribution in [0, 0.1) is 75.2 Å². The molecule has 1 aliphatic rings. The number of aryl methyl sites for hydroxylation is 10. The third kappa shape index (κ3) is 26.1. The van der Waals surface area contributed by atoms with Crippen LogP contribution in [-0.2, 0) is 0 Å². The van der Waals surface area contributed by atoms with Crippen molar-refractivity contribution in [3.8, 4) is 96.2 Å². The largest absolute Gasteiger partial charge is 0.497 e. The third-order valence-corrected chi connectivity index (χ3v) is 28.9. The van der Waals surface area contributed by atoms with Crippen LogP contribution >= 0.6 is 56.7 Å². The summed E-state index contributed by atoms with van der Waals surface area (Å²) in [5.41, 5.74) is 36.2. The number of hydrogen-bond donors (Lipinski definition) is 5. The van der Waals surface area contributed by atoms with E-state index in [4.69, 9.17) is 34.4 Å². The number of aromatic nitrogens is 15. The van der Waals surface area contributed by atoms with Crippen LogP contribution in [0.3, 0.4) is 0 Å². The van der Waals surface area contributed by atoms with Gasteiger partial charge in [-0.15, -0.1) is 56.7 Å². The molecular weight excluding hydrogens is 1900 g/mol. The highest BCUT2D eigenvalue weighted by Crippen LogP contribution is 2.41. The molecule has 0 amide bonds. The van der Waals surface area contributed by atoms with Crippen molar-refractivity contribution in [1.29, 1.82) is 0 Å². The molecule has 30 heteroatoms. The Bertz CT molecular complexity index is 7650. The Morgan fingerprint density at radius 3 is 0.924 bits per heavy atom. The van der Waals surface area contributed by atoms with E-state index >= 15 is 0 Å². The first-order valence-corrected chi connectivity index (χ1v) is 52.8. The first-order chi connectivity index (χ1) is 70.4. The van der Waals surface area contributed by atoms with Gasteiger partial charge in [0.15, 0.2) is 25.7 Å². The number of hydrogen-bond acceptors (Lipinski definition) is 25. The molecule has 25 nitrogen and oxygen atoms in total. The number of nitrogens with zero attached hydrogens (tertiary/aromatic N) is 18. The van der Waals surface area contributed by atoms with Crippen LogP contribution in [-0.4, -0.2) is 127 Å². The molecule has 10 aromatic carbocycles. The maximum atomic E-state index is 5.31. The fraction of sp³-hybridized carbons (Fsp3) is 0.217. The minimum absolute atomic E-state index is 0.824. The fourth-order valence-electron chi connectivity index (χ4n) is 16.2. The molecule has 0 bridgehead atoms. The smallest absolute Gasteiger partial charge is 0.187 e. The quantitative estimate of drug-likeness (QED) is 0.0271. The Kier molecular flexibility index (Phi) is 32.8. The summed E-state index contributed by atoms with van der Waals surface area (Å²) in [7, 11) is 7.58. The number of imidazole rings is 5. The molecule has 21 rings (SSSR count). The molecule has 0 atom stereocenters. The normalized spacial score (nSPS) is 11.4. The van der Waals surface area contributed by atoms with Crippen LogP contribution < -0.4 is 50.8 Å². The van der Waals surface area contributed by atoms with Gasteiger partial charge in [-0.3, -0.25) is 0 Å². The van der Waals surface area contributed by atoms with E-state index in [1.165, 1.54) is 52.2 Å². The van der Waals surface area contributed by atoms with Crippen molar-refractivity contribution in [3.63, 3.8) is 0 Å². The SMILES string of the molecule is CCCN(C)c1ccc(C)c(Nc2nc(-c3ccc(-n4cnc(C)c4)cc3)cs2)c1.CCN(C)c1ccc(C)c(Nc2nc(-c3ccc(-n4cnc(C)c4)cc3)cs2)c1.CCN(CC1CC1)c1cc(Nc2nc(-c3ccc(-n4cnc(C)c4)cc3)cs2)c(C)cc1C.COc1ccc(C)c(Nc2nc(-c3ccc(-n4ccnc4)cc3)cs2)c1.COc1ccc(C)c(Nc2nc(-c3ccc(-n4cnc(C)c4)cc3)cs2)c1. The zero-order valence-corrected chi connectivity index (χ0v) is 88.9.